The number of urea groups is 1. The van der Waals surface area contributed by atoms with Crippen LogP contribution < -0.4 is 15.4 Å². The van der Waals surface area contributed by atoms with Gasteiger partial charge in [0.25, 0.3) is 0 Å². The van der Waals surface area contributed by atoms with E-state index < -0.39 is 17.7 Å². The number of benzene rings is 3. The summed E-state index contributed by atoms with van der Waals surface area (Å²) >= 11 is 11.9. The Labute approximate surface area is 170 Å². The Bertz CT molecular complexity index is 995. The van der Waals surface area contributed by atoms with Crippen molar-refractivity contribution in [2.75, 3.05) is 10.6 Å². The van der Waals surface area contributed by atoms with Crippen molar-refractivity contribution in [1.82, 2.24) is 0 Å². The number of ether oxygens (including phenoxy) is 1. The van der Waals surface area contributed by atoms with E-state index in [1.54, 1.807) is 36.4 Å². The molecule has 8 heteroatoms. The highest BCUT2D eigenvalue weighted by Crippen LogP contribution is 2.28. The van der Waals surface area contributed by atoms with Crippen LogP contribution in [0.5, 0.6) is 5.75 Å². The Morgan fingerprint density at radius 2 is 1.61 bits per heavy atom. The van der Waals surface area contributed by atoms with Gasteiger partial charge in [-0.2, -0.15) is 0 Å². The van der Waals surface area contributed by atoms with Crippen molar-refractivity contribution in [3.63, 3.8) is 0 Å². The Hall–Kier alpha value is -2.83. The molecule has 144 valence electrons. The number of anilines is 2. The molecule has 3 aromatic rings. The summed E-state index contributed by atoms with van der Waals surface area (Å²) in [7, 11) is 0. The Kier molecular flexibility index (Phi) is 6.34. The maximum Gasteiger partial charge on any atom is 0.323 e. The number of nitrogens with one attached hydrogen (secondary N) is 2. The van der Waals surface area contributed by atoms with Crippen molar-refractivity contribution >= 4 is 40.6 Å². The molecule has 0 fully saturated rings. The third-order valence-corrected chi connectivity index (χ3v) is 4.12. The molecule has 3 rings (SSSR count). The van der Waals surface area contributed by atoms with E-state index in [9.17, 15) is 13.6 Å². The van der Waals surface area contributed by atoms with Crippen LogP contribution in [0.4, 0.5) is 25.0 Å². The van der Waals surface area contributed by atoms with Gasteiger partial charge in [0.2, 0.25) is 0 Å². The molecule has 0 aliphatic heterocycles. The molecule has 0 aromatic heterocycles. The first-order chi connectivity index (χ1) is 13.4. The minimum absolute atomic E-state index is 0.00636. The van der Waals surface area contributed by atoms with E-state index >= 15 is 0 Å². The zero-order chi connectivity index (χ0) is 20.1. The quantitative estimate of drug-likeness (QED) is 0.493. The summed E-state index contributed by atoms with van der Waals surface area (Å²) in [6.45, 7) is 0.216. The fraction of sp³-hybridized carbons (Fsp3) is 0.0500. The molecule has 0 radical (unpaired) electrons. The lowest BCUT2D eigenvalue weighted by molar-refractivity contribution is 0.262. The highest BCUT2D eigenvalue weighted by atomic mass is 35.5. The number of hydrogen-bond donors (Lipinski definition) is 2. The van der Waals surface area contributed by atoms with Crippen LogP contribution in [-0.2, 0) is 6.61 Å². The van der Waals surface area contributed by atoms with Crippen LogP contribution >= 0.6 is 23.2 Å². The SMILES string of the molecule is O=C(Nc1cc(F)cc(F)c1)Nc1cccc(COc2ccc(Cl)cc2Cl)c1. The molecule has 2 N–H and O–H groups in total. The predicted octanol–water partition coefficient (Wildman–Crippen LogP) is 6.49. The normalized spacial score (nSPS) is 10.4. The molecule has 28 heavy (non-hydrogen) atoms. The fourth-order valence-electron chi connectivity index (χ4n) is 2.41. The predicted molar refractivity (Wildman–Crippen MR) is 106 cm³/mol. The van der Waals surface area contributed by atoms with E-state index in [1.807, 2.05) is 6.07 Å². The van der Waals surface area contributed by atoms with Gasteiger partial charge in [0.05, 0.1) is 5.02 Å². The Morgan fingerprint density at radius 1 is 0.893 bits per heavy atom. The van der Waals surface area contributed by atoms with Crippen molar-refractivity contribution in [2.45, 2.75) is 6.61 Å². The monoisotopic (exact) mass is 422 g/mol. The second-order valence-electron chi connectivity index (χ2n) is 5.80. The van der Waals surface area contributed by atoms with Gasteiger partial charge < -0.3 is 15.4 Å². The van der Waals surface area contributed by atoms with Crippen LogP contribution in [0.25, 0.3) is 0 Å². The van der Waals surface area contributed by atoms with Crippen LogP contribution in [0, 0.1) is 11.6 Å². The van der Waals surface area contributed by atoms with Crippen molar-refractivity contribution in [3.8, 4) is 5.75 Å². The molecular formula is C20H14Cl2F2N2O2. The lowest BCUT2D eigenvalue weighted by atomic mass is 10.2. The molecule has 4 nitrogen and oxygen atoms in total. The van der Waals surface area contributed by atoms with E-state index in [0.29, 0.717) is 21.5 Å². The number of amides is 2. The highest BCUT2D eigenvalue weighted by Gasteiger charge is 2.07. The first kappa shape index (κ1) is 19.9. The minimum atomic E-state index is -0.782. The molecule has 0 atom stereocenters. The lowest BCUT2D eigenvalue weighted by Gasteiger charge is -2.11. The van der Waals surface area contributed by atoms with Gasteiger partial charge in [-0.15, -0.1) is 0 Å². The number of rotatable bonds is 5. The summed E-state index contributed by atoms with van der Waals surface area (Å²) in [6.07, 6.45) is 0. The standard InChI is InChI=1S/C20H14Cl2F2N2O2/c21-13-4-5-19(18(22)7-13)28-11-12-2-1-3-16(6-12)25-20(27)26-17-9-14(23)8-15(24)10-17/h1-10H,11H2,(H2,25,26,27). The van der Waals surface area contributed by atoms with Gasteiger partial charge in [-0.1, -0.05) is 35.3 Å². The molecule has 0 bridgehead atoms. The van der Waals surface area contributed by atoms with Gasteiger partial charge in [0.15, 0.2) is 0 Å². The molecule has 0 spiro atoms. The zero-order valence-corrected chi connectivity index (χ0v) is 15.8. The number of halogens is 4. The van der Waals surface area contributed by atoms with Gasteiger partial charge in [-0.25, -0.2) is 13.6 Å². The minimum Gasteiger partial charge on any atom is -0.487 e. The zero-order valence-electron chi connectivity index (χ0n) is 14.3. The number of carbonyl (C=O) groups is 1. The second-order valence-corrected chi connectivity index (χ2v) is 6.64. The summed E-state index contributed by atoms with van der Waals surface area (Å²) in [4.78, 5) is 12.0. The highest BCUT2D eigenvalue weighted by molar-refractivity contribution is 6.35. The smallest absolute Gasteiger partial charge is 0.323 e. The maximum atomic E-state index is 13.2. The Morgan fingerprint density at radius 3 is 2.32 bits per heavy atom. The molecule has 0 heterocycles. The van der Waals surface area contributed by atoms with Gasteiger partial charge >= 0.3 is 6.03 Å². The van der Waals surface area contributed by atoms with Gasteiger partial charge in [0, 0.05) is 22.5 Å². The summed E-state index contributed by atoms with van der Waals surface area (Å²) in [5, 5.41) is 5.86. The van der Waals surface area contributed by atoms with Gasteiger partial charge in [0.1, 0.15) is 24.0 Å². The topological polar surface area (TPSA) is 50.4 Å². The number of carbonyl (C=O) groups excluding carboxylic acids is 1. The molecule has 0 saturated carbocycles. The molecule has 0 unspecified atom stereocenters. The van der Waals surface area contributed by atoms with Crippen molar-refractivity contribution in [3.05, 3.63) is 87.9 Å². The first-order valence-electron chi connectivity index (χ1n) is 8.10. The third kappa shape index (κ3) is 5.58. The van der Waals surface area contributed by atoms with Crippen molar-refractivity contribution in [2.24, 2.45) is 0 Å². The van der Waals surface area contributed by atoms with Crippen LogP contribution in [0.2, 0.25) is 10.0 Å². The van der Waals surface area contributed by atoms with Crippen LogP contribution in [0.15, 0.2) is 60.7 Å². The van der Waals surface area contributed by atoms with Gasteiger partial charge in [-0.05, 0) is 48.0 Å². The summed E-state index contributed by atoms with van der Waals surface area (Å²) in [5.74, 6) is -1.08. The third-order valence-electron chi connectivity index (χ3n) is 3.59. The van der Waals surface area contributed by atoms with Crippen LogP contribution in [-0.4, -0.2) is 6.03 Å². The molecule has 2 amide bonds. The maximum absolute atomic E-state index is 13.2. The second kappa shape index (κ2) is 8.91. The van der Waals surface area contributed by atoms with E-state index in [4.69, 9.17) is 27.9 Å². The average molecular weight is 423 g/mol. The fourth-order valence-corrected chi connectivity index (χ4v) is 2.87. The Balaban J connectivity index is 1.61. The molecule has 0 aliphatic rings. The van der Waals surface area contributed by atoms with E-state index in [1.165, 1.54) is 0 Å². The van der Waals surface area contributed by atoms with Crippen molar-refractivity contribution in [1.29, 1.82) is 0 Å². The van der Waals surface area contributed by atoms with Gasteiger partial charge in [-0.3, -0.25) is 0 Å². The first-order valence-corrected chi connectivity index (χ1v) is 8.85. The van der Waals surface area contributed by atoms with E-state index in [2.05, 4.69) is 10.6 Å². The largest absolute Gasteiger partial charge is 0.487 e. The van der Waals surface area contributed by atoms with Crippen LogP contribution in [0.1, 0.15) is 5.56 Å². The van der Waals surface area contributed by atoms with Crippen LogP contribution in [0.3, 0.4) is 0 Å². The van der Waals surface area contributed by atoms with E-state index in [0.717, 1.165) is 23.8 Å². The average Bonchev–Trinajstić information content (AvgIpc) is 2.60. The molecule has 3 aromatic carbocycles. The molecular weight excluding hydrogens is 409 g/mol. The lowest BCUT2D eigenvalue weighted by Crippen LogP contribution is -2.19. The summed E-state index contributed by atoms with van der Waals surface area (Å²) < 4.78 is 32.0. The number of hydrogen-bond acceptors (Lipinski definition) is 2. The molecule has 0 saturated heterocycles. The molecule has 0 aliphatic carbocycles. The van der Waals surface area contributed by atoms with E-state index in [-0.39, 0.29) is 12.3 Å². The summed E-state index contributed by atoms with van der Waals surface area (Å²) in [6, 6.07) is 14.0. The summed E-state index contributed by atoms with van der Waals surface area (Å²) in [5.41, 5.74) is 1.27. The van der Waals surface area contributed by atoms with Crippen molar-refractivity contribution < 1.29 is 18.3 Å².